The first-order valence-electron chi connectivity index (χ1n) is 4.25. The van der Waals surface area contributed by atoms with Crippen molar-refractivity contribution in [2.75, 3.05) is 13.2 Å². The van der Waals surface area contributed by atoms with Crippen LogP contribution >= 0.6 is 0 Å². The van der Waals surface area contributed by atoms with E-state index in [-0.39, 0.29) is 13.2 Å². The molecule has 0 fully saturated rings. The molecule has 0 radical (unpaired) electrons. The van der Waals surface area contributed by atoms with Gasteiger partial charge in [-0.25, -0.2) is 0 Å². The fourth-order valence-electron chi connectivity index (χ4n) is 1.23. The predicted molar refractivity (Wildman–Crippen MR) is 53.3 cm³/mol. The maximum Gasteiger partial charge on any atom is 0.0685 e. The van der Waals surface area contributed by atoms with E-state index in [1.807, 2.05) is 31.2 Å². The lowest BCUT2D eigenvalue weighted by Gasteiger charge is -2.04. The second-order valence-corrected chi connectivity index (χ2v) is 2.94. The van der Waals surface area contributed by atoms with Gasteiger partial charge in [-0.3, -0.25) is 0 Å². The molecular formula is C11H14O2. The quantitative estimate of drug-likeness (QED) is 0.733. The van der Waals surface area contributed by atoms with Gasteiger partial charge < -0.3 is 10.2 Å². The van der Waals surface area contributed by atoms with Gasteiger partial charge in [0.1, 0.15) is 0 Å². The topological polar surface area (TPSA) is 40.5 Å². The van der Waals surface area contributed by atoms with E-state index < -0.39 is 0 Å². The van der Waals surface area contributed by atoms with Crippen LogP contribution in [0.2, 0.25) is 0 Å². The maximum absolute atomic E-state index is 9.02. The zero-order valence-electron chi connectivity index (χ0n) is 7.70. The van der Waals surface area contributed by atoms with Crippen molar-refractivity contribution >= 4 is 5.57 Å². The summed E-state index contributed by atoms with van der Waals surface area (Å²) in [5.74, 6) is 0. The highest BCUT2D eigenvalue weighted by Crippen LogP contribution is 2.14. The van der Waals surface area contributed by atoms with Crippen LogP contribution in [0, 0.1) is 6.92 Å². The van der Waals surface area contributed by atoms with Gasteiger partial charge in [-0.05, 0) is 18.1 Å². The summed E-state index contributed by atoms with van der Waals surface area (Å²) in [7, 11) is 0. The van der Waals surface area contributed by atoms with E-state index >= 15 is 0 Å². The van der Waals surface area contributed by atoms with Crippen molar-refractivity contribution in [3.8, 4) is 0 Å². The fourth-order valence-corrected chi connectivity index (χ4v) is 1.23. The van der Waals surface area contributed by atoms with Crippen LogP contribution < -0.4 is 0 Å². The summed E-state index contributed by atoms with van der Waals surface area (Å²) in [6, 6.07) is 7.84. The van der Waals surface area contributed by atoms with Crippen LogP contribution in [0.25, 0.3) is 5.57 Å². The van der Waals surface area contributed by atoms with Gasteiger partial charge in [-0.15, -0.1) is 0 Å². The zero-order valence-corrected chi connectivity index (χ0v) is 7.70. The molecule has 0 amide bonds. The number of benzene rings is 1. The highest BCUT2D eigenvalue weighted by Gasteiger charge is 1.98. The second-order valence-electron chi connectivity index (χ2n) is 2.94. The monoisotopic (exact) mass is 178 g/mol. The van der Waals surface area contributed by atoms with Crippen LogP contribution in [-0.2, 0) is 0 Å². The summed E-state index contributed by atoms with van der Waals surface area (Å²) < 4.78 is 0. The normalized spacial score (nSPS) is 11.8. The molecule has 0 unspecified atom stereocenters. The number of rotatable bonds is 3. The molecule has 1 rings (SSSR count). The van der Waals surface area contributed by atoms with E-state index in [0.29, 0.717) is 0 Å². The molecule has 0 aliphatic rings. The summed E-state index contributed by atoms with van der Waals surface area (Å²) >= 11 is 0. The van der Waals surface area contributed by atoms with Crippen LogP contribution in [0.15, 0.2) is 30.3 Å². The third-order valence-corrected chi connectivity index (χ3v) is 1.90. The molecule has 0 aromatic heterocycles. The van der Waals surface area contributed by atoms with Gasteiger partial charge in [0.2, 0.25) is 0 Å². The Kier molecular flexibility index (Phi) is 3.68. The van der Waals surface area contributed by atoms with E-state index in [2.05, 4.69) is 0 Å². The lowest BCUT2D eigenvalue weighted by atomic mass is 10.0. The standard InChI is InChI=1S/C11H14O2/c1-9-3-2-4-10(7-9)11(8-13)5-6-12/h2-5,7,12-13H,6,8H2,1H3/b11-5+. The van der Waals surface area contributed by atoms with Crippen molar-refractivity contribution in [1.29, 1.82) is 0 Å². The van der Waals surface area contributed by atoms with Gasteiger partial charge in [0, 0.05) is 0 Å². The molecule has 0 saturated carbocycles. The molecule has 0 spiro atoms. The smallest absolute Gasteiger partial charge is 0.0685 e. The largest absolute Gasteiger partial charge is 0.392 e. The average Bonchev–Trinajstić information content (AvgIpc) is 2.14. The first kappa shape index (κ1) is 9.96. The minimum absolute atomic E-state index is 0.0377. The number of hydrogen-bond donors (Lipinski definition) is 2. The molecule has 0 saturated heterocycles. The van der Waals surface area contributed by atoms with Crippen molar-refractivity contribution < 1.29 is 10.2 Å². The van der Waals surface area contributed by atoms with Crippen LogP contribution in [0.5, 0.6) is 0 Å². The Balaban J connectivity index is 2.98. The molecule has 1 aromatic rings. The molecule has 0 atom stereocenters. The third kappa shape index (κ3) is 2.68. The number of hydrogen-bond acceptors (Lipinski definition) is 2. The summed E-state index contributed by atoms with van der Waals surface area (Å²) in [5, 5.41) is 17.7. The lowest BCUT2D eigenvalue weighted by Crippen LogP contribution is -1.92. The first-order valence-corrected chi connectivity index (χ1v) is 4.25. The highest BCUT2D eigenvalue weighted by molar-refractivity contribution is 5.66. The molecule has 0 aliphatic heterocycles. The fraction of sp³-hybridized carbons (Fsp3) is 0.273. The predicted octanol–water partition coefficient (Wildman–Crippen LogP) is 1.36. The minimum Gasteiger partial charge on any atom is -0.392 e. The first-order chi connectivity index (χ1) is 6.27. The molecular weight excluding hydrogens is 164 g/mol. The highest BCUT2D eigenvalue weighted by atomic mass is 16.3. The Morgan fingerprint density at radius 3 is 2.69 bits per heavy atom. The van der Waals surface area contributed by atoms with Crippen molar-refractivity contribution in [3.05, 3.63) is 41.5 Å². The lowest BCUT2D eigenvalue weighted by molar-refractivity contribution is 0.334. The molecule has 13 heavy (non-hydrogen) atoms. The molecule has 2 nitrogen and oxygen atoms in total. The van der Waals surface area contributed by atoms with Crippen molar-refractivity contribution in [1.82, 2.24) is 0 Å². The van der Waals surface area contributed by atoms with Crippen molar-refractivity contribution in [3.63, 3.8) is 0 Å². The SMILES string of the molecule is Cc1cccc(/C(=C/CO)CO)c1. The van der Waals surface area contributed by atoms with Gasteiger partial charge in [0.15, 0.2) is 0 Å². The van der Waals surface area contributed by atoms with Gasteiger partial charge in [-0.1, -0.05) is 35.9 Å². The van der Waals surface area contributed by atoms with Crippen LogP contribution in [0.3, 0.4) is 0 Å². The van der Waals surface area contributed by atoms with E-state index in [1.165, 1.54) is 0 Å². The van der Waals surface area contributed by atoms with E-state index in [4.69, 9.17) is 10.2 Å². The molecule has 0 aliphatic carbocycles. The summed E-state index contributed by atoms with van der Waals surface area (Å²) in [6.07, 6.45) is 1.62. The second kappa shape index (κ2) is 4.80. The van der Waals surface area contributed by atoms with Crippen molar-refractivity contribution in [2.45, 2.75) is 6.92 Å². The number of aryl methyl sites for hydroxylation is 1. The van der Waals surface area contributed by atoms with Gasteiger partial charge in [-0.2, -0.15) is 0 Å². The molecule has 0 bridgehead atoms. The summed E-state index contributed by atoms with van der Waals surface area (Å²) in [6.45, 7) is 1.92. The number of aliphatic hydroxyl groups is 2. The van der Waals surface area contributed by atoms with Crippen LogP contribution in [-0.4, -0.2) is 23.4 Å². The Morgan fingerprint density at radius 1 is 1.38 bits per heavy atom. The van der Waals surface area contributed by atoms with E-state index in [0.717, 1.165) is 16.7 Å². The Labute approximate surface area is 78.2 Å². The van der Waals surface area contributed by atoms with Crippen molar-refractivity contribution in [2.24, 2.45) is 0 Å². The van der Waals surface area contributed by atoms with Gasteiger partial charge in [0.05, 0.1) is 13.2 Å². The summed E-state index contributed by atoms with van der Waals surface area (Å²) in [5.41, 5.74) is 2.89. The average molecular weight is 178 g/mol. The minimum atomic E-state index is -0.0379. The number of aliphatic hydroxyl groups excluding tert-OH is 2. The molecule has 70 valence electrons. The molecule has 1 aromatic carbocycles. The van der Waals surface area contributed by atoms with Crippen LogP contribution in [0.1, 0.15) is 11.1 Å². The Morgan fingerprint density at radius 2 is 2.15 bits per heavy atom. The Hall–Kier alpha value is -1.12. The van der Waals surface area contributed by atoms with E-state index in [9.17, 15) is 0 Å². The molecule has 2 heteroatoms. The maximum atomic E-state index is 9.02. The third-order valence-electron chi connectivity index (χ3n) is 1.90. The summed E-state index contributed by atoms with van der Waals surface area (Å²) in [4.78, 5) is 0. The van der Waals surface area contributed by atoms with Crippen LogP contribution in [0.4, 0.5) is 0 Å². The molecule has 2 N–H and O–H groups in total. The van der Waals surface area contributed by atoms with Gasteiger partial charge >= 0.3 is 0 Å². The Bertz CT molecular complexity index is 303. The van der Waals surface area contributed by atoms with E-state index in [1.54, 1.807) is 6.08 Å². The van der Waals surface area contributed by atoms with Gasteiger partial charge in [0.25, 0.3) is 0 Å². The zero-order chi connectivity index (χ0) is 9.68. The molecule has 0 heterocycles.